The number of nitrogens with zero attached hydrogens (tertiary/aromatic N) is 1. The van der Waals surface area contributed by atoms with Crippen LogP contribution in [-0.2, 0) is 16.0 Å². The van der Waals surface area contributed by atoms with Gasteiger partial charge in [-0.15, -0.1) is 11.3 Å². The first kappa shape index (κ1) is 9.35. The highest BCUT2D eigenvalue weighted by Crippen LogP contribution is 2.06. The lowest BCUT2D eigenvalue weighted by Gasteiger charge is -1.97. The fourth-order valence-corrected chi connectivity index (χ4v) is 1.41. The normalized spacial score (nSPS) is 10.1. The van der Waals surface area contributed by atoms with Crippen LogP contribution in [0.2, 0.25) is 0 Å². The van der Waals surface area contributed by atoms with Crippen LogP contribution < -0.4 is 0 Å². The highest BCUT2D eigenvalue weighted by Gasteiger charge is 2.03. The largest absolute Gasteiger partial charge is 0.374 e. The Kier molecular flexibility index (Phi) is 3.90. The Morgan fingerprint density at radius 2 is 2.58 bits per heavy atom. The molecule has 1 aromatic rings. The molecule has 0 atom stereocenters. The molecule has 0 N–H and O–H groups in total. The number of ether oxygens (including phenoxy) is 1. The van der Waals surface area contributed by atoms with Crippen LogP contribution in [0.3, 0.4) is 0 Å². The SMILES string of the molecule is CCOCC(=O)Cc1cncs1. The van der Waals surface area contributed by atoms with Crippen LogP contribution >= 0.6 is 11.3 Å². The molecule has 0 saturated heterocycles. The van der Waals surface area contributed by atoms with Gasteiger partial charge in [-0.1, -0.05) is 0 Å². The number of ketones is 1. The molecule has 66 valence electrons. The third-order valence-corrected chi connectivity index (χ3v) is 2.10. The Morgan fingerprint density at radius 1 is 1.75 bits per heavy atom. The van der Waals surface area contributed by atoms with E-state index in [1.165, 1.54) is 11.3 Å². The molecule has 3 nitrogen and oxygen atoms in total. The summed E-state index contributed by atoms with van der Waals surface area (Å²) in [7, 11) is 0. The van der Waals surface area contributed by atoms with Gasteiger partial charge in [0.05, 0.1) is 5.51 Å². The van der Waals surface area contributed by atoms with Crippen molar-refractivity contribution in [1.29, 1.82) is 0 Å². The highest BCUT2D eigenvalue weighted by atomic mass is 32.1. The molecule has 4 heteroatoms. The molecule has 0 saturated carbocycles. The monoisotopic (exact) mass is 185 g/mol. The molecular formula is C8H11NO2S. The van der Waals surface area contributed by atoms with Crippen molar-refractivity contribution >= 4 is 17.1 Å². The zero-order chi connectivity index (χ0) is 8.81. The Hall–Kier alpha value is -0.740. The Balaban J connectivity index is 2.27. The van der Waals surface area contributed by atoms with Gasteiger partial charge in [0.1, 0.15) is 6.61 Å². The quantitative estimate of drug-likeness (QED) is 0.694. The predicted octanol–water partition coefficient (Wildman–Crippen LogP) is 1.29. The van der Waals surface area contributed by atoms with Crippen molar-refractivity contribution in [3.8, 4) is 0 Å². The van der Waals surface area contributed by atoms with Crippen LogP contribution in [-0.4, -0.2) is 24.0 Å². The van der Waals surface area contributed by atoms with E-state index in [0.717, 1.165) is 4.88 Å². The summed E-state index contributed by atoms with van der Waals surface area (Å²) < 4.78 is 4.98. The summed E-state index contributed by atoms with van der Waals surface area (Å²) in [5, 5.41) is 0. The van der Waals surface area contributed by atoms with Crippen molar-refractivity contribution in [3.05, 3.63) is 16.6 Å². The minimum absolute atomic E-state index is 0.112. The number of Topliss-reactive ketones (excluding diaryl/α,β-unsaturated/α-hetero) is 1. The van der Waals surface area contributed by atoms with E-state index >= 15 is 0 Å². The number of hydrogen-bond acceptors (Lipinski definition) is 4. The van der Waals surface area contributed by atoms with Crippen LogP contribution in [0.4, 0.5) is 0 Å². The lowest BCUT2D eigenvalue weighted by molar-refractivity contribution is -0.122. The van der Waals surface area contributed by atoms with Crippen LogP contribution in [0.25, 0.3) is 0 Å². The smallest absolute Gasteiger partial charge is 0.163 e. The highest BCUT2D eigenvalue weighted by molar-refractivity contribution is 7.09. The van der Waals surface area contributed by atoms with Gasteiger partial charge in [0.2, 0.25) is 0 Å². The molecule has 0 fully saturated rings. The summed E-state index contributed by atoms with van der Waals surface area (Å²) in [4.78, 5) is 16.0. The number of thiazole rings is 1. The van der Waals surface area contributed by atoms with E-state index in [-0.39, 0.29) is 12.4 Å². The number of carbonyl (C=O) groups excluding carboxylic acids is 1. The van der Waals surface area contributed by atoms with Gasteiger partial charge in [-0.3, -0.25) is 9.78 Å². The second-order valence-corrected chi connectivity index (χ2v) is 3.29. The summed E-state index contributed by atoms with van der Waals surface area (Å²) in [5.41, 5.74) is 1.73. The maximum Gasteiger partial charge on any atom is 0.163 e. The lowest BCUT2D eigenvalue weighted by Crippen LogP contribution is -2.10. The molecule has 0 aliphatic carbocycles. The standard InChI is InChI=1S/C8H11NO2S/c1-2-11-5-7(10)3-8-4-9-6-12-8/h4,6H,2-3,5H2,1H3. The maximum absolute atomic E-state index is 11.1. The fraction of sp³-hybridized carbons (Fsp3) is 0.500. The Morgan fingerprint density at radius 3 is 3.17 bits per heavy atom. The molecule has 12 heavy (non-hydrogen) atoms. The molecule has 0 aromatic carbocycles. The first-order valence-electron chi connectivity index (χ1n) is 3.79. The molecule has 0 bridgehead atoms. The van der Waals surface area contributed by atoms with E-state index in [9.17, 15) is 4.79 Å². The second-order valence-electron chi connectivity index (χ2n) is 2.32. The molecular weight excluding hydrogens is 174 g/mol. The fourth-order valence-electron chi connectivity index (χ4n) is 0.791. The van der Waals surface area contributed by atoms with E-state index < -0.39 is 0 Å². The lowest BCUT2D eigenvalue weighted by atomic mass is 10.3. The van der Waals surface area contributed by atoms with E-state index in [1.54, 1.807) is 11.7 Å². The van der Waals surface area contributed by atoms with Gasteiger partial charge in [-0.2, -0.15) is 0 Å². The maximum atomic E-state index is 11.1. The van der Waals surface area contributed by atoms with Gasteiger partial charge in [-0.05, 0) is 6.92 Å². The van der Waals surface area contributed by atoms with Gasteiger partial charge < -0.3 is 4.74 Å². The third-order valence-electron chi connectivity index (χ3n) is 1.32. The van der Waals surface area contributed by atoms with Crippen molar-refractivity contribution in [2.75, 3.05) is 13.2 Å². The van der Waals surface area contributed by atoms with Crippen LogP contribution in [0.15, 0.2) is 11.7 Å². The average molecular weight is 185 g/mol. The predicted molar refractivity (Wildman–Crippen MR) is 47.3 cm³/mol. The molecule has 0 aliphatic rings. The van der Waals surface area contributed by atoms with Gasteiger partial charge in [-0.25, -0.2) is 0 Å². The van der Waals surface area contributed by atoms with Crippen molar-refractivity contribution in [2.24, 2.45) is 0 Å². The molecule has 1 rings (SSSR count). The summed E-state index contributed by atoms with van der Waals surface area (Å²) in [6.45, 7) is 2.68. The summed E-state index contributed by atoms with van der Waals surface area (Å²) in [6.07, 6.45) is 2.17. The van der Waals surface area contributed by atoms with Crippen LogP contribution in [0.1, 0.15) is 11.8 Å². The number of hydrogen-bond donors (Lipinski definition) is 0. The zero-order valence-electron chi connectivity index (χ0n) is 6.95. The van der Waals surface area contributed by atoms with Crippen molar-refractivity contribution in [1.82, 2.24) is 4.98 Å². The van der Waals surface area contributed by atoms with Gasteiger partial charge >= 0.3 is 0 Å². The Labute approximate surface area is 75.4 Å². The molecule has 0 unspecified atom stereocenters. The average Bonchev–Trinajstić information content (AvgIpc) is 2.53. The van der Waals surface area contributed by atoms with Crippen molar-refractivity contribution in [2.45, 2.75) is 13.3 Å². The van der Waals surface area contributed by atoms with E-state index in [2.05, 4.69) is 4.98 Å². The molecule has 0 amide bonds. The van der Waals surface area contributed by atoms with Gasteiger partial charge in [0.15, 0.2) is 5.78 Å². The van der Waals surface area contributed by atoms with Gasteiger partial charge in [0.25, 0.3) is 0 Å². The minimum atomic E-state index is 0.112. The van der Waals surface area contributed by atoms with Gasteiger partial charge in [0, 0.05) is 24.1 Å². The van der Waals surface area contributed by atoms with Crippen molar-refractivity contribution in [3.63, 3.8) is 0 Å². The topological polar surface area (TPSA) is 39.2 Å². The molecule has 0 spiro atoms. The molecule has 0 radical (unpaired) electrons. The second kappa shape index (κ2) is 5.00. The van der Waals surface area contributed by atoms with E-state index in [0.29, 0.717) is 13.0 Å². The van der Waals surface area contributed by atoms with Crippen molar-refractivity contribution < 1.29 is 9.53 Å². The summed E-state index contributed by atoms with van der Waals surface area (Å²) in [6, 6.07) is 0. The molecule has 1 heterocycles. The number of rotatable bonds is 5. The van der Waals surface area contributed by atoms with E-state index in [4.69, 9.17) is 4.74 Å². The number of carbonyl (C=O) groups is 1. The van der Waals surface area contributed by atoms with Crippen LogP contribution in [0.5, 0.6) is 0 Å². The summed E-state index contributed by atoms with van der Waals surface area (Å²) in [5.74, 6) is 0.112. The Bertz CT molecular complexity index is 233. The zero-order valence-corrected chi connectivity index (χ0v) is 7.76. The van der Waals surface area contributed by atoms with E-state index in [1.807, 2.05) is 6.92 Å². The molecule has 1 aromatic heterocycles. The van der Waals surface area contributed by atoms with Crippen LogP contribution in [0, 0.1) is 0 Å². The first-order valence-corrected chi connectivity index (χ1v) is 4.67. The minimum Gasteiger partial charge on any atom is -0.374 e. The third kappa shape index (κ3) is 3.11. The first-order chi connectivity index (χ1) is 5.83. The molecule has 0 aliphatic heterocycles. The summed E-state index contributed by atoms with van der Waals surface area (Å²) >= 11 is 1.50. The number of aromatic nitrogens is 1.